The van der Waals surface area contributed by atoms with Crippen molar-refractivity contribution in [1.82, 2.24) is 0 Å². The molecule has 0 bridgehead atoms. The van der Waals surface area contributed by atoms with Gasteiger partial charge in [0.1, 0.15) is 0 Å². The van der Waals surface area contributed by atoms with Crippen LogP contribution in [0.1, 0.15) is 12.5 Å². The van der Waals surface area contributed by atoms with Crippen molar-refractivity contribution in [2.24, 2.45) is 0 Å². The van der Waals surface area contributed by atoms with Crippen LogP contribution in [-0.4, -0.2) is 0 Å². The molecule has 1 aromatic rings. The van der Waals surface area contributed by atoms with Gasteiger partial charge in [-0.3, -0.25) is 0 Å². The summed E-state index contributed by atoms with van der Waals surface area (Å²) in [5, 5.41) is 1.14. The average Bonchev–Trinajstić information content (AvgIpc) is 1.94. The molecule has 63 valence electrons. The van der Waals surface area contributed by atoms with Crippen molar-refractivity contribution >= 4 is 23.2 Å². The third kappa shape index (κ3) is 2.54. The van der Waals surface area contributed by atoms with E-state index in [1.54, 1.807) is 6.07 Å². The summed E-state index contributed by atoms with van der Waals surface area (Å²) in [7, 11) is 0. The van der Waals surface area contributed by atoms with Gasteiger partial charge < -0.3 is 0 Å². The molecule has 0 nitrogen and oxygen atoms in total. The molecule has 0 amide bonds. The Bertz CT molecular complexity index is 303. The summed E-state index contributed by atoms with van der Waals surface area (Å²) in [6.07, 6.45) is 0.784. The first-order valence-corrected chi connectivity index (χ1v) is 4.36. The molecule has 0 aliphatic heterocycles. The topological polar surface area (TPSA) is 0 Å². The number of allylic oxidation sites excluding steroid dienone is 1. The van der Waals surface area contributed by atoms with E-state index < -0.39 is 0 Å². The summed E-state index contributed by atoms with van der Waals surface area (Å²) in [6, 6.07) is 6.52. The number of rotatable bonds is 2. The van der Waals surface area contributed by atoms with Crippen LogP contribution in [0.3, 0.4) is 0 Å². The Morgan fingerprint density at radius 3 is 2.67 bits per heavy atom. The summed E-state index contributed by atoms with van der Waals surface area (Å²) in [6.45, 7) is 5.77. The van der Waals surface area contributed by atoms with E-state index >= 15 is 0 Å². The van der Waals surface area contributed by atoms with Crippen LogP contribution in [0.15, 0.2) is 24.3 Å². The zero-order valence-electron chi connectivity index (χ0n) is 6.82. The summed E-state index contributed by atoms with van der Waals surface area (Å²) in [5.74, 6) is 0. The molecule has 0 atom stereocenters. The normalized spacial score (nSPS) is 9.92. The van der Waals surface area contributed by atoms with Crippen molar-refractivity contribution in [3.05, 3.63) is 46.0 Å². The first-order valence-electron chi connectivity index (χ1n) is 3.60. The third-order valence-corrected chi connectivity index (χ3v) is 1.99. The molecule has 0 aliphatic rings. The molecule has 2 heteroatoms. The lowest BCUT2D eigenvalue weighted by Gasteiger charge is -2.02. The molecule has 0 N–H and O–H groups in total. The van der Waals surface area contributed by atoms with E-state index in [0.717, 1.165) is 17.6 Å². The molecule has 12 heavy (non-hydrogen) atoms. The van der Waals surface area contributed by atoms with Crippen LogP contribution >= 0.6 is 23.2 Å². The smallest absolute Gasteiger partial charge is 0.0535 e. The standard InChI is InChI=1S/C10H9Cl2/c1-7(2)5-8-3-4-9(11)6-10(8)12/h3-4H,1,5H2,2H3. The van der Waals surface area contributed by atoms with Crippen LogP contribution in [0.2, 0.25) is 10.0 Å². The van der Waals surface area contributed by atoms with Gasteiger partial charge in [0.05, 0.1) is 10.0 Å². The van der Waals surface area contributed by atoms with Gasteiger partial charge in [-0.05, 0) is 25.0 Å². The van der Waals surface area contributed by atoms with E-state index in [2.05, 4.69) is 12.6 Å². The molecule has 1 aromatic carbocycles. The van der Waals surface area contributed by atoms with Gasteiger partial charge in [-0.2, -0.15) is 0 Å². The van der Waals surface area contributed by atoms with E-state index in [0.29, 0.717) is 10.0 Å². The maximum absolute atomic E-state index is 5.89. The van der Waals surface area contributed by atoms with Gasteiger partial charge in [0.25, 0.3) is 0 Å². The molecule has 0 spiro atoms. The van der Waals surface area contributed by atoms with E-state index in [4.69, 9.17) is 23.2 Å². The number of halogens is 2. The Kier molecular flexibility index (Phi) is 3.19. The highest BCUT2D eigenvalue weighted by Gasteiger charge is 2.00. The predicted molar refractivity (Wildman–Crippen MR) is 53.8 cm³/mol. The maximum atomic E-state index is 5.89. The monoisotopic (exact) mass is 199 g/mol. The number of hydrogen-bond acceptors (Lipinski definition) is 0. The fourth-order valence-corrected chi connectivity index (χ4v) is 1.37. The van der Waals surface area contributed by atoms with Gasteiger partial charge in [0.15, 0.2) is 0 Å². The van der Waals surface area contributed by atoms with Crippen LogP contribution in [-0.2, 0) is 6.42 Å². The van der Waals surface area contributed by atoms with Gasteiger partial charge in [0, 0.05) is 6.07 Å². The second-order valence-corrected chi connectivity index (χ2v) is 3.56. The third-order valence-electron chi connectivity index (χ3n) is 1.43. The minimum absolute atomic E-state index is 0.547. The summed E-state index contributed by atoms with van der Waals surface area (Å²) < 4.78 is 0. The zero-order valence-corrected chi connectivity index (χ0v) is 8.34. The second-order valence-electron chi connectivity index (χ2n) is 2.78. The van der Waals surface area contributed by atoms with Crippen molar-refractivity contribution in [3.63, 3.8) is 0 Å². The van der Waals surface area contributed by atoms with Gasteiger partial charge in [-0.15, -0.1) is 0 Å². The first-order chi connectivity index (χ1) is 5.59. The highest BCUT2D eigenvalue weighted by molar-refractivity contribution is 6.34. The predicted octanol–water partition coefficient (Wildman–Crippen LogP) is 3.91. The Hall–Kier alpha value is -0.460. The van der Waals surface area contributed by atoms with Crippen LogP contribution in [0, 0.1) is 6.07 Å². The molecule has 0 fully saturated rings. The molecule has 0 aliphatic carbocycles. The lowest BCUT2D eigenvalue weighted by atomic mass is 10.1. The Balaban J connectivity index is 2.93. The molecule has 0 saturated heterocycles. The van der Waals surface area contributed by atoms with Crippen LogP contribution in [0.4, 0.5) is 0 Å². The minimum Gasteiger partial charge on any atom is -0.0998 e. The zero-order chi connectivity index (χ0) is 9.14. The van der Waals surface area contributed by atoms with Crippen LogP contribution < -0.4 is 0 Å². The van der Waals surface area contributed by atoms with Gasteiger partial charge in [0.2, 0.25) is 0 Å². The first kappa shape index (κ1) is 9.63. The van der Waals surface area contributed by atoms with Crippen LogP contribution in [0.5, 0.6) is 0 Å². The Labute approximate surface area is 82.8 Å². The van der Waals surface area contributed by atoms with Crippen molar-refractivity contribution in [2.75, 3.05) is 0 Å². The summed E-state index contributed by atoms with van der Waals surface area (Å²) >= 11 is 11.6. The van der Waals surface area contributed by atoms with Crippen LogP contribution in [0.25, 0.3) is 0 Å². The number of benzene rings is 1. The largest absolute Gasteiger partial charge is 0.0998 e. The minimum atomic E-state index is 0.547. The van der Waals surface area contributed by atoms with E-state index in [9.17, 15) is 0 Å². The van der Waals surface area contributed by atoms with Gasteiger partial charge in [-0.25, -0.2) is 0 Å². The highest BCUT2D eigenvalue weighted by Crippen LogP contribution is 2.21. The molecule has 0 heterocycles. The lowest BCUT2D eigenvalue weighted by molar-refractivity contribution is 1.15. The number of hydrogen-bond donors (Lipinski definition) is 0. The van der Waals surface area contributed by atoms with E-state index in [1.165, 1.54) is 0 Å². The molecular formula is C10H9Cl2. The summed E-state index contributed by atoms with van der Waals surface area (Å²) in [4.78, 5) is 0. The van der Waals surface area contributed by atoms with E-state index in [1.807, 2.05) is 13.0 Å². The van der Waals surface area contributed by atoms with Gasteiger partial charge in [-0.1, -0.05) is 41.4 Å². The molecule has 0 aromatic heterocycles. The van der Waals surface area contributed by atoms with Gasteiger partial charge >= 0.3 is 0 Å². The van der Waals surface area contributed by atoms with Crippen molar-refractivity contribution < 1.29 is 0 Å². The molecule has 0 unspecified atom stereocenters. The highest BCUT2D eigenvalue weighted by atomic mass is 35.5. The maximum Gasteiger partial charge on any atom is 0.0535 e. The second kappa shape index (κ2) is 3.97. The fourth-order valence-electron chi connectivity index (χ4n) is 0.935. The quantitative estimate of drug-likeness (QED) is 0.635. The van der Waals surface area contributed by atoms with E-state index in [-0.39, 0.29) is 0 Å². The summed E-state index contributed by atoms with van der Waals surface area (Å²) in [5.41, 5.74) is 2.10. The Morgan fingerprint density at radius 2 is 2.17 bits per heavy atom. The average molecular weight is 200 g/mol. The lowest BCUT2D eigenvalue weighted by Crippen LogP contribution is -1.86. The Morgan fingerprint density at radius 1 is 1.50 bits per heavy atom. The molecule has 1 rings (SSSR count). The van der Waals surface area contributed by atoms with Crippen molar-refractivity contribution in [3.8, 4) is 0 Å². The fraction of sp³-hybridized carbons (Fsp3) is 0.200. The van der Waals surface area contributed by atoms with Crippen molar-refractivity contribution in [1.29, 1.82) is 0 Å². The van der Waals surface area contributed by atoms with Crippen molar-refractivity contribution in [2.45, 2.75) is 13.3 Å². The molecule has 0 saturated carbocycles. The SMILES string of the molecule is C=C(C)Cc1ccc(Cl)[c]c1Cl. The molecular weight excluding hydrogens is 191 g/mol. The molecule has 1 radical (unpaired) electrons.